The van der Waals surface area contributed by atoms with Crippen molar-refractivity contribution in [3.8, 4) is 34.6 Å². The number of anilines is 1. The fourth-order valence-electron chi connectivity index (χ4n) is 4.81. The quantitative estimate of drug-likeness (QED) is 0.370. The van der Waals surface area contributed by atoms with E-state index in [-0.39, 0.29) is 28.4 Å². The largest absolute Gasteiger partial charge is 0.460 e. The van der Waals surface area contributed by atoms with E-state index in [1.54, 1.807) is 12.1 Å². The van der Waals surface area contributed by atoms with E-state index in [4.69, 9.17) is 23.4 Å². The second kappa shape index (κ2) is 8.68. The number of rotatable bonds is 4. The zero-order valence-corrected chi connectivity index (χ0v) is 20.2. The standard InChI is InChI=1S/C30H18N4O5/c31-16-20-25(24-14-13-23(37-24)18-9-5-2-6-10-18)26-28(39-30(32)33-26)34-21(29(35)38-27(20)34)15-19-11-12-22(36-19)17-7-3-1-4-8-17/h1-15,25H,(H2,32,33)/b21-15+/t25-/m1/s1. The van der Waals surface area contributed by atoms with Crippen LogP contribution in [0.2, 0.25) is 0 Å². The molecule has 0 saturated carbocycles. The summed E-state index contributed by atoms with van der Waals surface area (Å²) < 4.78 is 24.9. The molecule has 1 aliphatic heterocycles. The molecular formula is C30H18N4O5. The number of nitrogens with two attached hydrogens (primary N) is 1. The molecule has 0 fully saturated rings. The van der Waals surface area contributed by atoms with Gasteiger partial charge in [-0.3, -0.25) is 0 Å². The Morgan fingerprint density at radius 3 is 2.21 bits per heavy atom. The molecule has 1 atom stereocenters. The van der Waals surface area contributed by atoms with Gasteiger partial charge < -0.3 is 23.4 Å². The minimum atomic E-state index is -0.796. The molecule has 1 aliphatic rings. The van der Waals surface area contributed by atoms with Crippen LogP contribution < -0.4 is 22.3 Å². The highest BCUT2D eigenvalue weighted by molar-refractivity contribution is 5.73. The van der Waals surface area contributed by atoms with Crippen LogP contribution in [0.25, 0.3) is 40.2 Å². The smallest absolute Gasteiger partial charge is 0.362 e. The van der Waals surface area contributed by atoms with Crippen molar-refractivity contribution in [2.45, 2.75) is 5.92 Å². The molecule has 0 unspecified atom stereocenters. The van der Waals surface area contributed by atoms with Gasteiger partial charge in [-0.15, -0.1) is 0 Å². The highest BCUT2D eigenvalue weighted by Crippen LogP contribution is 2.39. The average Bonchev–Trinajstić information content (AvgIpc) is 3.76. The zero-order chi connectivity index (χ0) is 26.5. The SMILES string of the molecule is N#CC1=c2oc(=O)/c(=C\c3ccc(-c4ccccc4)o3)n2-c2oc(N)nc2[C@H]1c1ccc(-c2ccccc2)o1. The number of hydrogen-bond acceptors (Lipinski definition) is 8. The summed E-state index contributed by atoms with van der Waals surface area (Å²) >= 11 is 0. The van der Waals surface area contributed by atoms with E-state index in [1.165, 1.54) is 10.6 Å². The maximum Gasteiger partial charge on any atom is 0.362 e. The second-order valence-electron chi connectivity index (χ2n) is 8.90. The molecule has 7 rings (SSSR count). The van der Waals surface area contributed by atoms with Crippen LogP contribution in [0, 0.1) is 11.3 Å². The number of fused-ring (bicyclic) bond motifs is 3. The van der Waals surface area contributed by atoms with Crippen molar-refractivity contribution < 1.29 is 17.7 Å². The number of nitrogen functional groups attached to an aromatic ring is 1. The number of oxazole rings is 2. The summed E-state index contributed by atoms with van der Waals surface area (Å²) in [6.07, 6.45) is 1.53. The molecule has 188 valence electrons. The van der Waals surface area contributed by atoms with Gasteiger partial charge >= 0.3 is 5.63 Å². The first-order chi connectivity index (χ1) is 19.1. The molecule has 2 aromatic carbocycles. The molecule has 0 radical (unpaired) electrons. The van der Waals surface area contributed by atoms with Crippen LogP contribution in [-0.4, -0.2) is 9.55 Å². The van der Waals surface area contributed by atoms with Gasteiger partial charge in [0.05, 0.1) is 0 Å². The van der Waals surface area contributed by atoms with Crippen molar-refractivity contribution in [1.82, 2.24) is 9.55 Å². The maximum absolute atomic E-state index is 13.1. The molecule has 2 N–H and O–H groups in total. The second-order valence-corrected chi connectivity index (χ2v) is 8.90. The number of aromatic nitrogens is 2. The van der Waals surface area contributed by atoms with Gasteiger partial charge in [-0.25, -0.2) is 9.36 Å². The van der Waals surface area contributed by atoms with Gasteiger partial charge in [0.25, 0.3) is 6.01 Å². The van der Waals surface area contributed by atoms with Crippen molar-refractivity contribution in [2.24, 2.45) is 0 Å². The fraction of sp³-hybridized carbons (Fsp3) is 0.0333. The van der Waals surface area contributed by atoms with E-state index in [0.717, 1.165) is 11.1 Å². The first-order valence-electron chi connectivity index (χ1n) is 12.1. The lowest BCUT2D eigenvalue weighted by molar-refractivity contribution is 0.448. The first-order valence-corrected chi connectivity index (χ1v) is 12.1. The summed E-state index contributed by atoms with van der Waals surface area (Å²) in [6, 6.07) is 28.3. The molecule has 0 spiro atoms. The maximum atomic E-state index is 13.1. The number of furan rings is 2. The van der Waals surface area contributed by atoms with Crippen LogP contribution in [0.15, 0.2) is 107 Å². The van der Waals surface area contributed by atoms with Crippen molar-refractivity contribution in [2.75, 3.05) is 5.73 Å². The Labute approximate surface area is 220 Å². The number of nitrogens with zero attached hydrogens (tertiary/aromatic N) is 3. The number of nitriles is 1. The molecule has 39 heavy (non-hydrogen) atoms. The summed E-state index contributed by atoms with van der Waals surface area (Å²) in [5.41, 5.74) is 7.52. The summed E-state index contributed by atoms with van der Waals surface area (Å²) in [7, 11) is 0. The molecule has 0 saturated heterocycles. The Balaban J connectivity index is 1.42. The summed E-state index contributed by atoms with van der Waals surface area (Å²) in [6.45, 7) is 0. The van der Waals surface area contributed by atoms with E-state index in [2.05, 4.69) is 11.1 Å². The van der Waals surface area contributed by atoms with E-state index >= 15 is 0 Å². The molecule has 0 aliphatic carbocycles. The van der Waals surface area contributed by atoms with Gasteiger partial charge in [0.1, 0.15) is 51.6 Å². The normalized spacial score (nSPS) is 14.7. The van der Waals surface area contributed by atoms with E-state index < -0.39 is 11.5 Å². The lowest BCUT2D eigenvalue weighted by Crippen LogP contribution is -2.35. The molecular weight excluding hydrogens is 496 g/mol. The third-order valence-corrected chi connectivity index (χ3v) is 6.54. The highest BCUT2D eigenvalue weighted by atomic mass is 16.4. The molecule has 4 aromatic heterocycles. The van der Waals surface area contributed by atoms with Crippen LogP contribution in [0.3, 0.4) is 0 Å². The molecule has 6 aromatic rings. The van der Waals surface area contributed by atoms with Gasteiger partial charge in [-0.05, 0) is 24.3 Å². The topological polar surface area (TPSA) is 137 Å². The summed E-state index contributed by atoms with van der Waals surface area (Å²) in [5.74, 6) is 1.46. The minimum absolute atomic E-state index is 0.00917. The van der Waals surface area contributed by atoms with E-state index in [0.29, 0.717) is 28.7 Å². The van der Waals surface area contributed by atoms with Crippen LogP contribution >= 0.6 is 0 Å². The van der Waals surface area contributed by atoms with Crippen molar-refractivity contribution >= 4 is 17.7 Å². The van der Waals surface area contributed by atoms with Crippen LogP contribution in [0.4, 0.5) is 6.01 Å². The fourth-order valence-corrected chi connectivity index (χ4v) is 4.81. The molecule has 5 heterocycles. The van der Waals surface area contributed by atoms with E-state index in [9.17, 15) is 10.1 Å². The monoisotopic (exact) mass is 514 g/mol. The van der Waals surface area contributed by atoms with Gasteiger partial charge in [0.2, 0.25) is 11.4 Å². The Hall–Kier alpha value is -5.75. The Morgan fingerprint density at radius 1 is 0.846 bits per heavy atom. The van der Waals surface area contributed by atoms with Crippen LogP contribution in [0.1, 0.15) is 23.1 Å². The number of hydrogen-bond donors (Lipinski definition) is 1. The predicted octanol–water partition coefficient (Wildman–Crippen LogP) is 4.17. The molecule has 0 bridgehead atoms. The zero-order valence-electron chi connectivity index (χ0n) is 20.2. The molecule has 9 nitrogen and oxygen atoms in total. The lowest BCUT2D eigenvalue weighted by Gasteiger charge is -2.16. The highest BCUT2D eigenvalue weighted by Gasteiger charge is 2.38. The van der Waals surface area contributed by atoms with Gasteiger partial charge in [0.15, 0.2) is 0 Å². The van der Waals surface area contributed by atoms with Crippen molar-refractivity contribution in [3.05, 3.63) is 123 Å². The summed E-state index contributed by atoms with van der Waals surface area (Å²) in [4.78, 5) is 17.5. The van der Waals surface area contributed by atoms with Gasteiger partial charge in [0, 0.05) is 17.2 Å². The van der Waals surface area contributed by atoms with E-state index in [1.807, 2.05) is 72.8 Å². The minimum Gasteiger partial charge on any atom is -0.460 e. The lowest BCUT2D eigenvalue weighted by atomic mass is 9.92. The van der Waals surface area contributed by atoms with Gasteiger partial charge in [-0.1, -0.05) is 60.7 Å². The van der Waals surface area contributed by atoms with Crippen LogP contribution in [0.5, 0.6) is 0 Å². The van der Waals surface area contributed by atoms with Crippen LogP contribution in [-0.2, 0) is 0 Å². The Kier molecular flexibility index (Phi) is 4.99. The van der Waals surface area contributed by atoms with Gasteiger partial charge in [-0.2, -0.15) is 10.2 Å². The van der Waals surface area contributed by atoms with Crippen molar-refractivity contribution in [3.63, 3.8) is 0 Å². The Morgan fingerprint density at radius 2 is 1.51 bits per heavy atom. The third-order valence-electron chi connectivity index (χ3n) is 6.54. The first kappa shape index (κ1) is 22.4. The Bertz CT molecular complexity index is 2070. The number of benzene rings is 2. The summed E-state index contributed by atoms with van der Waals surface area (Å²) in [5, 5.41) is 10.3. The van der Waals surface area contributed by atoms with Crippen molar-refractivity contribution in [1.29, 1.82) is 5.26 Å². The molecule has 9 heteroatoms. The third kappa shape index (κ3) is 3.62. The predicted molar refractivity (Wildman–Crippen MR) is 141 cm³/mol. The molecule has 0 amide bonds. The average molecular weight is 514 g/mol.